The molecule has 0 aliphatic heterocycles. The molecule has 0 atom stereocenters. The zero-order chi connectivity index (χ0) is 8.53. The van der Waals surface area contributed by atoms with Crippen molar-refractivity contribution in [3.63, 3.8) is 0 Å². The molecule has 4 heteroatoms. The van der Waals surface area contributed by atoms with E-state index in [1.807, 2.05) is 0 Å². The number of nitrogens with two attached hydrogens (primary N) is 1. The number of rotatable bonds is 6. The number of ether oxygens (including phenoxy) is 2. The van der Waals surface area contributed by atoms with Crippen molar-refractivity contribution in [3.05, 3.63) is 0 Å². The van der Waals surface area contributed by atoms with E-state index in [0.717, 1.165) is 0 Å². The highest BCUT2D eigenvalue weighted by Gasteiger charge is 1.95. The molecule has 0 heterocycles. The molecule has 66 valence electrons. The average Bonchev–Trinajstić information content (AvgIpc) is 2.04. The lowest BCUT2D eigenvalue weighted by Gasteiger charge is -2.02. The topological polar surface area (TPSA) is 61.5 Å². The van der Waals surface area contributed by atoms with Crippen LogP contribution in [0.25, 0.3) is 0 Å². The Morgan fingerprint density at radius 2 is 2.09 bits per heavy atom. The summed E-state index contributed by atoms with van der Waals surface area (Å²) in [5.41, 5.74) is 5.16. The minimum atomic E-state index is -0.193. The Kier molecular flexibility index (Phi) is 7.08. The van der Waals surface area contributed by atoms with Crippen LogP contribution in [0.5, 0.6) is 0 Å². The van der Waals surface area contributed by atoms with Crippen LogP contribution in [0.15, 0.2) is 0 Å². The lowest BCUT2D eigenvalue weighted by atomic mass is 10.5. The van der Waals surface area contributed by atoms with Crippen LogP contribution in [0.3, 0.4) is 0 Å². The summed E-state index contributed by atoms with van der Waals surface area (Å²) in [5.74, 6) is -0.193. The average molecular weight is 161 g/mol. The van der Waals surface area contributed by atoms with Crippen molar-refractivity contribution >= 4 is 5.97 Å². The predicted molar refractivity (Wildman–Crippen MR) is 41.1 cm³/mol. The third-order valence-electron chi connectivity index (χ3n) is 1.04. The molecular weight excluding hydrogens is 146 g/mol. The van der Waals surface area contributed by atoms with Gasteiger partial charge in [0.1, 0.15) is 6.61 Å². The molecule has 0 saturated carbocycles. The third-order valence-corrected chi connectivity index (χ3v) is 1.04. The molecule has 0 fully saturated rings. The van der Waals surface area contributed by atoms with Gasteiger partial charge in [-0.1, -0.05) is 6.92 Å². The van der Waals surface area contributed by atoms with E-state index in [0.29, 0.717) is 32.8 Å². The van der Waals surface area contributed by atoms with Gasteiger partial charge >= 0.3 is 5.97 Å². The molecule has 0 bridgehead atoms. The minimum Gasteiger partial charge on any atom is -0.463 e. The number of hydrogen-bond acceptors (Lipinski definition) is 4. The van der Waals surface area contributed by atoms with Gasteiger partial charge in [0.05, 0.1) is 13.2 Å². The SMILES string of the molecule is CCC(=O)OCCOCCN. The third kappa shape index (κ3) is 7.29. The van der Waals surface area contributed by atoms with Gasteiger partial charge in [0, 0.05) is 13.0 Å². The zero-order valence-corrected chi connectivity index (χ0v) is 6.84. The van der Waals surface area contributed by atoms with Crippen LogP contribution in [-0.2, 0) is 14.3 Å². The molecule has 2 N–H and O–H groups in total. The summed E-state index contributed by atoms with van der Waals surface area (Å²) in [6.07, 6.45) is 0.414. The first kappa shape index (κ1) is 10.4. The maximum Gasteiger partial charge on any atom is 0.305 e. The Balaban J connectivity index is 2.95. The minimum absolute atomic E-state index is 0.193. The lowest BCUT2D eigenvalue weighted by Crippen LogP contribution is -2.13. The Morgan fingerprint density at radius 1 is 1.36 bits per heavy atom. The van der Waals surface area contributed by atoms with E-state index in [9.17, 15) is 4.79 Å². The van der Waals surface area contributed by atoms with E-state index in [2.05, 4.69) is 0 Å². The second kappa shape index (κ2) is 7.50. The second-order valence-corrected chi connectivity index (χ2v) is 1.98. The summed E-state index contributed by atoms with van der Waals surface area (Å²) < 4.78 is 9.71. The normalized spacial score (nSPS) is 9.64. The fourth-order valence-electron chi connectivity index (χ4n) is 0.502. The van der Waals surface area contributed by atoms with Crippen LogP contribution in [0.2, 0.25) is 0 Å². The fourth-order valence-corrected chi connectivity index (χ4v) is 0.502. The molecule has 11 heavy (non-hydrogen) atoms. The summed E-state index contributed by atoms with van der Waals surface area (Å²) in [7, 11) is 0. The molecule has 0 rings (SSSR count). The fraction of sp³-hybridized carbons (Fsp3) is 0.857. The van der Waals surface area contributed by atoms with Crippen LogP contribution >= 0.6 is 0 Å². The quantitative estimate of drug-likeness (QED) is 0.437. The number of carbonyl (C=O) groups is 1. The smallest absolute Gasteiger partial charge is 0.305 e. The van der Waals surface area contributed by atoms with E-state index >= 15 is 0 Å². The number of hydrogen-bond donors (Lipinski definition) is 1. The maximum absolute atomic E-state index is 10.5. The molecule has 0 saturated heterocycles. The van der Waals surface area contributed by atoms with E-state index in [-0.39, 0.29) is 5.97 Å². The highest BCUT2D eigenvalue weighted by molar-refractivity contribution is 5.68. The van der Waals surface area contributed by atoms with Crippen molar-refractivity contribution in [3.8, 4) is 0 Å². The van der Waals surface area contributed by atoms with Gasteiger partial charge in [-0.25, -0.2) is 0 Å². The molecular formula is C7H15NO3. The molecule has 0 aliphatic rings. The molecule has 0 aromatic carbocycles. The van der Waals surface area contributed by atoms with Crippen molar-refractivity contribution in [2.75, 3.05) is 26.4 Å². The second-order valence-electron chi connectivity index (χ2n) is 1.98. The van der Waals surface area contributed by atoms with Gasteiger partial charge in [0.2, 0.25) is 0 Å². The highest BCUT2D eigenvalue weighted by atomic mass is 16.6. The summed E-state index contributed by atoms with van der Waals surface area (Å²) in [6.45, 7) is 3.53. The number of esters is 1. The molecule has 0 unspecified atom stereocenters. The molecule has 0 amide bonds. The van der Waals surface area contributed by atoms with Crippen LogP contribution in [0, 0.1) is 0 Å². The summed E-state index contributed by atoms with van der Waals surface area (Å²) >= 11 is 0. The number of carbonyl (C=O) groups excluding carboxylic acids is 1. The molecule has 0 aliphatic carbocycles. The van der Waals surface area contributed by atoms with Crippen molar-refractivity contribution in [1.82, 2.24) is 0 Å². The van der Waals surface area contributed by atoms with Crippen molar-refractivity contribution in [2.45, 2.75) is 13.3 Å². The largest absolute Gasteiger partial charge is 0.463 e. The first-order valence-corrected chi connectivity index (χ1v) is 3.74. The first-order chi connectivity index (χ1) is 5.31. The summed E-state index contributed by atoms with van der Waals surface area (Å²) in [5, 5.41) is 0. The van der Waals surface area contributed by atoms with E-state index in [4.69, 9.17) is 15.2 Å². The molecule has 0 aromatic rings. The Morgan fingerprint density at radius 3 is 2.64 bits per heavy atom. The van der Waals surface area contributed by atoms with Gasteiger partial charge in [0.25, 0.3) is 0 Å². The molecule has 0 aromatic heterocycles. The zero-order valence-electron chi connectivity index (χ0n) is 6.84. The summed E-state index contributed by atoms with van der Waals surface area (Å²) in [4.78, 5) is 10.5. The van der Waals surface area contributed by atoms with Crippen LogP contribution in [0.1, 0.15) is 13.3 Å². The van der Waals surface area contributed by atoms with Crippen LogP contribution in [0.4, 0.5) is 0 Å². The van der Waals surface area contributed by atoms with Crippen LogP contribution in [-0.4, -0.2) is 32.3 Å². The van der Waals surface area contributed by atoms with E-state index < -0.39 is 0 Å². The van der Waals surface area contributed by atoms with Crippen molar-refractivity contribution in [2.24, 2.45) is 5.73 Å². The monoisotopic (exact) mass is 161 g/mol. The molecule has 0 radical (unpaired) electrons. The van der Waals surface area contributed by atoms with E-state index in [1.54, 1.807) is 6.92 Å². The predicted octanol–water partition coefficient (Wildman–Crippen LogP) is -0.0851. The molecule has 4 nitrogen and oxygen atoms in total. The van der Waals surface area contributed by atoms with Crippen LogP contribution < -0.4 is 5.73 Å². The first-order valence-electron chi connectivity index (χ1n) is 3.74. The van der Waals surface area contributed by atoms with Crippen molar-refractivity contribution in [1.29, 1.82) is 0 Å². The Bertz CT molecular complexity index is 106. The van der Waals surface area contributed by atoms with Gasteiger partial charge in [-0.15, -0.1) is 0 Å². The van der Waals surface area contributed by atoms with Gasteiger partial charge in [-0.3, -0.25) is 4.79 Å². The van der Waals surface area contributed by atoms with Gasteiger partial charge in [-0.2, -0.15) is 0 Å². The van der Waals surface area contributed by atoms with Gasteiger partial charge in [0.15, 0.2) is 0 Å². The molecule has 0 spiro atoms. The summed E-state index contributed by atoms with van der Waals surface area (Å²) in [6, 6.07) is 0. The standard InChI is InChI=1S/C7H15NO3/c1-2-7(9)11-6-5-10-4-3-8/h2-6,8H2,1H3. The maximum atomic E-state index is 10.5. The van der Waals surface area contributed by atoms with Gasteiger partial charge in [-0.05, 0) is 0 Å². The Labute approximate surface area is 66.7 Å². The lowest BCUT2D eigenvalue weighted by molar-refractivity contribution is -0.144. The van der Waals surface area contributed by atoms with E-state index in [1.165, 1.54) is 0 Å². The Hall–Kier alpha value is -0.610. The highest BCUT2D eigenvalue weighted by Crippen LogP contribution is 1.84. The van der Waals surface area contributed by atoms with Crippen molar-refractivity contribution < 1.29 is 14.3 Å². The van der Waals surface area contributed by atoms with Gasteiger partial charge < -0.3 is 15.2 Å².